The van der Waals surface area contributed by atoms with Gasteiger partial charge in [-0.15, -0.1) is 0 Å². The molecule has 100 valence electrons. The average Bonchev–Trinajstić information content (AvgIpc) is 2.82. The first-order valence-electron chi connectivity index (χ1n) is 5.89. The van der Waals surface area contributed by atoms with Gasteiger partial charge in [-0.1, -0.05) is 11.8 Å². The van der Waals surface area contributed by atoms with Gasteiger partial charge in [-0.3, -0.25) is 0 Å². The Bertz CT molecular complexity index is 599. The fourth-order valence-electron chi connectivity index (χ4n) is 1.83. The first kappa shape index (κ1) is 12.2. The highest BCUT2D eigenvalue weighted by molar-refractivity contribution is 7.98. The van der Waals surface area contributed by atoms with E-state index in [0.29, 0.717) is 18.9 Å². The molecular formula is C12H14N4O2S. The Hall–Kier alpha value is -1.89. The molecule has 2 heterocycles. The van der Waals surface area contributed by atoms with Crippen LogP contribution in [0.5, 0.6) is 11.5 Å². The zero-order valence-electron chi connectivity index (χ0n) is 10.5. The molecule has 0 unspecified atom stereocenters. The van der Waals surface area contributed by atoms with Gasteiger partial charge in [-0.05, 0) is 11.6 Å². The van der Waals surface area contributed by atoms with Crippen LogP contribution in [0.3, 0.4) is 0 Å². The lowest BCUT2D eigenvalue weighted by molar-refractivity contribution is 0.171. The summed E-state index contributed by atoms with van der Waals surface area (Å²) in [6.45, 7) is 1.15. The highest BCUT2D eigenvalue weighted by atomic mass is 32.2. The van der Waals surface area contributed by atoms with E-state index in [1.165, 1.54) is 6.33 Å². The molecule has 0 saturated carbocycles. The number of anilines is 1. The largest absolute Gasteiger partial charge is 0.486 e. The first-order valence-corrected chi connectivity index (χ1v) is 6.87. The van der Waals surface area contributed by atoms with Gasteiger partial charge < -0.3 is 15.2 Å². The van der Waals surface area contributed by atoms with Crippen LogP contribution in [0.4, 0.5) is 5.69 Å². The van der Waals surface area contributed by atoms with Gasteiger partial charge in [0.25, 0.3) is 0 Å². The smallest absolute Gasteiger partial charge is 0.186 e. The standard InChI is InChI=1S/C12H14N4O2S/c1-16-12(14-7-15-16)19-6-8-4-10-11(5-9(8)13)18-3-2-17-10/h4-5,7H,2-3,6,13H2,1H3. The predicted molar refractivity (Wildman–Crippen MR) is 72.4 cm³/mol. The lowest BCUT2D eigenvalue weighted by Crippen LogP contribution is -2.15. The third kappa shape index (κ3) is 2.46. The van der Waals surface area contributed by atoms with Crippen molar-refractivity contribution in [2.75, 3.05) is 18.9 Å². The van der Waals surface area contributed by atoms with Crippen LogP contribution in [-0.4, -0.2) is 28.0 Å². The third-order valence-electron chi connectivity index (χ3n) is 2.83. The number of hydrogen-bond acceptors (Lipinski definition) is 6. The summed E-state index contributed by atoms with van der Waals surface area (Å²) in [5.41, 5.74) is 7.75. The van der Waals surface area contributed by atoms with Crippen molar-refractivity contribution in [3.8, 4) is 11.5 Å². The van der Waals surface area contributed by atoms with E-state index in [4.69, 9.17) is 15.2 Å². The summed E-state index contributed by atoms with van der Waals surface area (Å²) in [6, 6.07) is 3.76. The molecule has 0 atom stereocenters. The normalized spacial score (nSPS) is 13.5. The quantitative estimate of drug-likeness (QED) is 0.676. The van der Waals surface area contributed by atoms with Crippen molar-refractivity contribution < 1.29 is 9.47 Å². The van der Waals surface area contributed by atoms with Gasteiger partial charge in [-0.2, -0.15) is 5.10 Å². The molecule has 2 aromatic rings. The van der Waals surface area contributed by atoms with Crippen LogP contribution in [0, 0.1) is 0 Å². The van der Waals surface area contributed by atoms with Crippen LogP contribution in [-0.2, 0) is 12.8 Å². The van der Waals surface area contributed by atoms with Crippen molar-refractivity contribution in [2.24, 2.45) is 7.05 Å². The van der Waals surface area contributed by atoms with Crippen LogP contribution in [0.25, 0.3) is 0 Å². The molecule has 6 nitrogen and oxygen atoms in total. The predicted octanol–water partition coefficient (Wildman–Crippen LogP) is 1.46. The third-order valence-corrected chi connectivity index (χ3v) is 3.91. The number of nitrogen functional groups attached to an aromatic ring is 1. The maximum Gasteiger partial charge on any atom is 0.186 e. The van der Waals surface area contributed by atoms with E-state index in [2.05, 4.69) is 10.1 Å². The summed E-state index contributed by atoms with van der Waals surface area (Å²) in [6.07, 6.45) is 1.54. The summed E-state index contributed by atoms with van der Waals surface area (Å²) in [5.74, 6) is 2.19. The lowest BCUT2D eigenvalue weighted by Gasteiger charge is -2.20. The van der Waals surface area contributed by atoms with E-state index < -0.39 is 0 Å². The summed E-state index contributed by atoms with van der Waals surface area (Å²) >= 11 is 1.58. The molecule has 1 aliphatic rings. The molecule has 1 aromatic heterocycles. The molecular weight excluding hydrogens is 264 g/mol. The Labute approximate surface area is 114 Å². The van der Waals surface area contributed by atoms with Crippen molar-refractivity contribution in [3.63, 3.8) is 0 Å². The topological polar surface area (TPSA) is 75.2 Å². The van der Waals surface area contributed by atoms with Gasteiger partial charge >= 0.3 is 0 Å². The molecule has 0 bridgehead atoms. The highest BCUT2D eigenvalue weighted by Crippen LogP contribution is 2.36. The van der Waals surface area contributed by atoms with E-state index in [1.807, 2.05) is 19.2 Å². The maximum atomic E-state index is 6.03. The van der Waals surface area contributed by atoms with Crippen LogP contribution in [0.2, 0.25) is 0 Å². The first-order chi connectivity index (χ1) is 9.24. The van der Waals surface area contributed by atoms with Crippen LogP contribution < -0.4 is 15.2 Å². The van der Waals surface area contributed by atoms with Gasteiger partial charge in [0.05, 0.1) is 0 Å². The van der Waals surface area contributed by atoms with Gasteiger partial charge in [0.1, 0.15) is 19.5 Å². The van der Waals surface area contributed by atoms with E-state index in [-0.39, 0.29) is 0 Å². The molecule has 1 aromatic carbocycles. The van der Waals surface area contributed by atoms with Crippen molar-refractivity contribution >= 4 is 17.4 Å². The summed E-state index contributed by atoms with van der Waals surface area (Å²) in [4.78, 5) is 4.17. The van der Waals surface area contributed by atoms with E-state index in [9.17, 15) is 0 Å². The van der Waals surface area contributed by atoms with Gasteiger partial charge in [0.2, 0.25) is 0 Å². The second-order valence-corrected chi connectivity index (χ2v) is 5.09. The molecule has 0 spiro atoms. The number of hydrogen-bond donors (Lipinski definition) is 1. The molecule has 7 heteroatoms. The second kappa shape index (κ2) is 5.00. The van der Waals surface area contributed by atoms with E-state index >= 15 is 0 Å². The number of ether oxygens (including phenoxy) is 2. The highest BCUT2D eigenvalue weighted by Gasteiger charge is 2.15. The summed E-state index contributed by atoms with van der Waals surface area (Å²) in [5, 5.41) is 4.89. The molecule has 0 fully saturated rings. The van der Waals surface area contributed by atoms with Gasteiger partial charge in [0.15, 0.2) is 16.7 Å². The molecule has 0 radical (unpaired) electrons. The van der Waals surface area contributed by atoms with E-state index in [1.54, 1.807) is 16.4 Å². The van der Waals surface area contributed by atoms with Crippen LogP contribution >= 0.6 is 11.8 Å². The van der Waals surface area contributed by atoms with Crippen LogP contribution in [0.15, 0.2) is 23.6 Å². The Balaban J connectivity index is 1.79. The van der Waals surface area contributed by atoms with Crippen molar-refractivity contribution in [1.82, 2.24) is 14.8 Å². The van der Waals surface area contributed by atoms with Crippen molar-refractivity contribution in [1.29, 1.82) is 0 Å². The number of fused-ring (bicyclic) bond motifs is 1. The minimum atomic E-state index is 0.569. The zero-order chi connectivity index (χ0) is 13.2. The van der Waals surface area contributed by atoms with Crippen molar-refractivity contribution in [2.45, 2.75) is 10.9 Å². The molecule has 19 heavy (non-hydrogen) atoms. The Morgan fingerprint density at radius 3 is 2.74 bits per heavy atom. The fraction of sp³-hybridized carbons (Fsp3) is 0.333. The fourth-order valence-corrected chi connectivity index (χ4v) is 2.72. The molecule has 1 aliphatic heterocycles. The Morgan fingerprint density at radius 1 is 1.32 bits per heavy atom. The number of thioether (sulfide) groups is 1. The monoisotopic (exact) mass is 278 g/mol. The maximum absolute atomic E-state index is 6.03. The minimum absolute atomic E-state index is 0.569. The summed E-state index contributed by atoms with van der Waals surface area (Å²) in [7, 11) is 1.86. The average molecular weight is 278 g/mol. The van der Waals surface area contributed by atoms with Crippen LogP contribution in [0.1, 0.15) is 5.56 Å². The number of nitrogens with zero attached hydrogens (tertiary/aromatic N) is 3. The number of benzene rings is 1. The Kier molecular flexibility index (Phi) is 3.20. The number of aromatic nitrogens is 3. The minimum Gasteiger partial charge on any atom is -0.486 e. The molecule has 0 amide bonds. The summed E-state index contributed by atoms with van der Waals surface area (Å²) < 4.78 is 12.8. The Morgan fingerprint density at radius 2 is 2.05 bits per heavy atom. The number of rotatable bonds is 3. The molecule has 0 saturated heterocycles. The molecule has 2 N–H and O–H groups in total. The molecule has 0 aliphatic carbocycles. The van der Waals surface area contributed by atoms with Gasteiger partial charge in [0, 0.05) is 24.6 Å². The van der Waals surface area contributed by atoms with Crippen molar-refractivity contribution in [3.05, 3.63) is 24.0 Å². The lowest BCUT2D eigenvalue weighted by atomic mass is 10.2. The van der Waals surface area contributed by atoms with Gasteiger partial charge in [-0.25, -0.2) is 9.67 Å². The number of aryl methyl sites for hydroxylation is 1. The second-order valence-electron chi connectivity index (χ2n) is 4.15. The zero-order valence-corrected chi connectivity index (χ0v) is 11.3. The molecule has 3 rings (SSSR count). The number of nitrogens with two attached hydrogens (primary N) is 1. The van der Waals surface area contributed by atoms with E-state index in [0.717, 1.165) is 28.0 Å². The SMILES string of the molecule is Cn1ncnc1SCc1cc2c(cc1N)OCCO2.